The summed E-state index contributed by atoms with van der Waals surface area (Å²) in [5.74, 6) is 0.142. The molecule has 1 unspecified atom stereocenters. The lowest BCUT2D eigenvalue weighted by atomic mass is 10.1. The molecule has 2 heterocycles. The van der Waals surface area contributed by atoms with Crippen molar-refractivity contribution < 1.29 is 4.79 Å². The van der Waals surface area contributed by atoms with Crippen molar-refractivity contribution in [3.05, 3.63) is 59.7 Å². The highest BCUT2D eigenvalue weighted by Crippen LogP contribution is 2.21. The quantitative estimate of drug-likeness (QED) is 0.809. The first-order valence-corrected chi connectivity index (χ1v) is 7.89. The molecule has 0 radical (unpaired) electrons. The van der Waals surface area contributed by atoms with Crippen molar-refractivity contribution in [2.24, 2.45) is 5.73 Å². The van der Waals surface area contributed by atoms with Gasteiger partial charge in [0.2, 0.25) is 0 Å². The van der Waals surface area contributed by atoms with E-state index in [2.05, 4.69) is 21.8 Å². The molecular weight excluding hydrogens is 288 g/mol. The molecule has 2 aromatic heterocycles. The van der Waals surface area contributed by atoms with Crippen molar-refractivity contribution in [2.45, 2.75) is 32.9 Å². The summed E-state index contributed by atoms with van der Waals surface area (Å²) >= 11 is 0. The molecule has 5 nitrogen and oxygen atoms in total. The molecule has 0 spiro atoms. The number of carbonyl (C=O) groups excluding carboxylic acids is 1. The zero-order valence-corrected chi connectivity index (χ0v) is 13.8. The summed E-state index contributed by atoms with van der Waals surface area (Å²) in [5.41, 5.74) is 8.56. The van der Waals surface area contributed by atoms with Gasteiger partial charge < -0.3 is 5.73 Å². The lowest BCUT2D eigenvalue weighted by Crippen LogP contribution is -2.33. The fourth-order valence-electron chi connectivity index (χ4n) is 2.48. The third-order valence-electron chi connectivity index (χ3n) is 3.94. The van der Waals surface area contributed by atoms with Gasteiger partial charge in [-0.2, -0.15) is 0 Å². The second-order valence-corrected chi connectivity index (χ2v) is 5.68. The van der Waals surface area contributed by atoms with Crippen LogP contribution >= 0.6 is 0 Å². The molecule has 0 saturated heterocycles. The average molecular weight is 312 g/mol. The van der Waals surface area contributed by atoms with Crippen molar-refractivity contribution in [3.8, 4) is 0 Å². The Balaban J connectivity index is 2.21. The Hall–Kier alpha value is -2.11. The second-order valence-electron chi connectivity index (χ2n) is 5.68. The number of rotatable bonds is 8. The standard InChI is InChI=1S/C18H24N4O/c1-14-6-5-11-21-18(14)13-22(12-16(23)8-9-19)15(2)17-7-3-4-10-20-17/h3-7,10-11,15H,8-9,12-13,19H2,1-2H3. The molecule has 23 heavy (non-hydrogen) atoms. The fraction of sp³-hybridized carbons (Fsp3) is 0.389. The highest BCUT2D eigenvalue weighted by Gasteiger charge is 2.20. The van der Waals surface area contributed by atoms with Gasteiger partial charge in [-0.3, -0.25) is 19.7 Å². The van der Waals surface area contributed by atoms with Crippen molar-refractivity contribution in [1.29, 1.82) is 0 Å². The maximum atomic E-state index is 12.1. The van der Waals surface area contributed by atoms with E-state index < -0.39 is 0 Å². The maximum Gasteiger partial charge on any atom is 0.148 e. The van der Waals surface area contributed by atoms with Crippen LogP contribution in [0.25, 0.3) is 0 Å². The van der Waals surface area contributed by atoms with Crippen molar-refractivity contribution in [3.63, 3.8) is 0 Å². The highest BCUT2D eigenvalue weighted by molar-refractivity contribution is 5.80. The molecule has 0 aliphatic heterocycles. The van der Waals surface area contributed by atoms with Gasteiger partial charge in [-0.15, -0.1) is 0 Å². The number of pyridine rings is 2. The molecule has 2 rings (SSSR count). The Bertz CT molecular complexity index is 630. The maximum absolute atomic E-state index is 12.1. The third-order valence-corrected chi connectivity index (χ3v) is 3.94. The van der Waals surface area contributed by atoms with Crippen LogP contribution in [0.5, 0.6) is 0 Å². The molecular formula is C18H24N4O. The highest BCUT2D eigenvalue weighted by atomic mass is 16.1. The van der Waals surface area contributed by atoms with Crippen LogP contribution in [-0.2, 0) is 11.3 Å². The number of carbonyl (C=O) groups is 1. The zero-order valence-electron chi connectivity index (χ0n) is 13.8. The lowest BCUT2D eigenvalue weighted by molar-refractivity contribution is -0.120. The normalized spacial score (nSPS) is 12.3. The SMILES string of the molecule is Cc1cccnc1CN(CC(=O)CCN)C(C)c1ccccn1. The van der Waals surface area contributed by atoms with Crippen LogP contribution in [0.4, 0.5) is 0 Å². The number of nitrogens with zero attached hydrogens (tertiary/aromatic N) is 3. The van der Waals surface area contributed by atoms with E-state index in [0.717, 1.165) is 17.0 Å². The number of ketones is 1. The molecule has 5 heteroatoms. The molecule has 0 aliphatic carbocycles. The Morgan fingerprint density at radius 3 is 2.65 bits per heavy atom. The molecule has 0 aromatic carbocycles. The number of nitrogens with two attached hydrogens (primary N) is 1. The Morgan fingerprint density at radius 1 is 1.22 bits per heavy atom. The van der Waals surface area contributed by atoms with Crippen LogP contribution in [0.3, 0.4) is 0 Å². The smallest absolute Gasteiger partial charge is 0.148 e. The van der Waals surface area contributed by atoms with Gasteiger partial charge >= 0.3 is 0 Å². The summed E-state index contributed by atoms with van der Waals surface area (Å²) in [7, 11) is 0. The molecule has 0 amide bonds. The van der Waals surface area contributed by atoms with E-state index in [0.29, 0.717) is 26.1 Å². The van der Waals surface area contributed by atoms with Gasteiger partial charge in [0.1, 0.15) is 5.78 Å². The van der Waals surface area contributed by atoms with Crippen molar-refractivity contribution in [2.75, 3.05) is 13.1 Å². The van der Waals surface area contributed by atoms with Crippen LogP contribution in [0.15, 0.2) is 42.7 Å². The molecule has 122 valence electrons. The van der Waals surface area contributed by atoms with Crippen LogP contribution in [-0.4, -0.2) is 33.7 Å². The summed E-state index contributed by atoms with van der Waals surface area (Å²) in [6.45, 7) is 5.45. The molecule has 1 atom stereocenters. The van der Waals surface area contributed by atoms with Gasteiger partial charge in [0.15, 0.2) is 0 Å². The number of hydrogen-bond donors (Lipinski definition) is 1. The van der Waals surface area contributed by atoms with Crippen LogP contribution in [0.2, 0.25) is 0 Å². The summed E-state index contributed by atoms with van der Waals surface area (Å²) in [4.78, 5) is 23.1. The first-order valence-electron chi connectivity index (χ1n) is 7.89. The van der Waals surface area contributed by atoms with E-state index in [1.165, 1.54) is 0 Å². The number of Topliss-reactive ketones (excluding diaryl/α,β-unsaturated/α-hetero) is 1. The third kappa shape index (κ3) is 4.94. The zero-order chi connectivity index (χ0) is 16.7. The lowest BCUT2D eigenvalue weighted by Gasteiger charge is -2.28. The van der Waals surface area contributed by atoms with Gasteiger partial charge in [0.25, 0.3) is 0 Å². The van der Waals surface area contributed by atoms with Crippen molar-refractivity contribution >= 4 is 5.78 Å². The number of aromatic nitrogens is 2. The number of aryl methyl sites for hydroxylation is 1. The minimum atomic E-state index is 0.0272. The van der Waals surface area contributed by atoms with E-state index in [-0.39, 0.29) is 11.8 Å². The molecule has 2 N–H and O–H groups in total. The van der Waals surface area contributed by atoms with Crippen LogP contribution in [0.1, 0.15) is 36.3 Å². The van der Waals surface area contributed by atoms with Gasteiger partial charge in [-0.1, -0.05) is 12.1 Å². The minimum absolute atomic E-state index is 0.0272. The van der Waals surface area contributed by atoms with E-state index in [1.54, 1.807) is 12.4 Å². The Labute approximate surface area is 137 Å². The Morgan fingerprint density at radius 2 is 2.00 bits per heavy atom. The monoisotopic (exact) mass is 312 g/mol. The molecule has 0 bridgehead atoms. The largest absolute Gasteiger partial charge is 0.330 e. The van der Waals surface area contributed by atoms with E-state index >= 15 is 0 Å². The fourth-order valence-corrected chi connectivity index (χ4v) is 2.48. The van der Waals surface area contributed by atoms with Gasteiger partial charge in [0.05, 0.1) is 24.0 Å². The predicted molar refractivity (Wildman–Crippen MR) is 90.7 cm³/mol. The van der Waals surface area contributed by atoms with E-state index in [4.69, 9.17) is 5.73 Å². The molecule has 2 aromatic rings. The van der Waals surface area contributed by atoms with Gasteiger partial charge in [0, 0.05) is 25.4 Å². The first kappa shape index (κ1) is 17.2. The van der Waals surface area contributed by atoms with Crippen LogP contribution < -0.4 is 5.73 Å². The predicted octanol–water partition coefficient (Wildman–Crippen LogP) is 2.27. The van der Waals surface area contributed by atoms with Crippen molar-refractivity contribution in [1.82, 2.24) is 14.9 Å². The topological polar surface area (TPSA) is 72.1 Å². The summed E-state index contributed by atoms with van der Waals surface area (Å²) in [5, 5.41) is 0. The Kier molecular flexibility index (Phi) is 6.38. The molecule has 0 fully saturated rings. The molecule has 0 saturated carbocycles. The molecule has 0 aliphatic rings. The van der Waals surface area contributed by atoms with E-state index in [1.807, 2.05) is 37.3 Å². The average Bonchev–Trinajstić information content (AvgIpc) is 2.56. The second kappa shape index (κ2) is 8.50. The minimum Gasteiger partial charge on any atom is -0.330 e. The summed E-state index contributed by atoms with van der Waals surface area (Å²) < 4.78 is 0. The first-order chi connectivity index (χ1) is 11.1. The van der Waals surface area contributed by atoms with E-state index in [9.17, 15) is 4.79 Å². The summed E-state index contributed by atoms with van der Waals surface area (Å²) in [6, 6.07) is 9.82. The van der Waals surface area contributed by atoms with Crippen LogP contribution in [0, 0.1) is 6.92 Å². The van der Waals surface area contributed by atoms with Gasteiger partial charge in [-0.25, -0.2) is 0 Å². The van der Waals surface area contributed by atoms with Gasteiger partial charge in [-0.05, 0) is 44.2 Å². The summed E-state index contributed by atoms with van der Waals surface area (Å²) in [6.07, 6.45) is 3.96. The number of hydrogen-bond acceptors (Lipinski definition) is 5.